The van der Waals surface area contributed by atoms with Crippen molar-refractivity contribution in [1.82, 2.24) is 4.90 Å². The van der Waals surface area contributed by atoms with Gasteiger partial charge in [0.05, 0.1) is 0 Å². The molecule has 1 fully saturated rings. The fraction of sp³-hybridized carbons (Fsp3) is 0.333. The summed E-state index contributed by atoms with van der Waals surface area (Å²) in [6.07, 6.45) is 5.08. The number of amides is 1. The number of benzene rings is 1. The first-order chi connectivity index (χ1) is 9.99. The van der Waals surface area contributed by atoms with Gasteiger partial charge in [-0.15, -0.1) is 0 Å². The topological polar surface area (TPSA) is 57.6 Å². The third kappa shape index (κ3) is 3.99. The smallest absolute Gasteiger partial charge is 0.326 e. The fourth-order valence-electron chi connectivity index (χ4n) is 2.35. The van der Waals surface area contributed by atoms with Gasteiger partial charge in [0.1, 0.15) is 6.04 Å². The number of carbonyl (C=O) groups excluding carboxylic acids is 1. The summed E-state index contributed by atoms with van der Waals surface area (Å²) in [5.41, 5.74) is 0.665. The van der Waals surface area contributed by atoms with Gasteiger partial charge in [-0.05, 0) is 43.0 Å². The number of nitrogens with zero attached hydrogens (tertiary/aromatic N) is 1. The van der Waals surface area contributed by atoms with E-state index >= 15 is 0 Å². The Morgan fingerprint density at radius 1 is 1.29 bits per heavy atom. The van der Waals surface area contributed by atoms with E-state index in [2.05, 4.69) is 0 Å². The van der Waals surface area contributed by atoms with Crippen LogP contribution in [0.4, 0.5) is 0 Å². The summed E-state index contributed by atoms with van der Waals surface area (Å²) >= 11 is 11.8. The quantitative estimate of drug-likeness (QED) is 0.865. The van der Waals surface area contributed by atoms with Crippen LogP contribution < -0.4 is 0 Å². The molecular weight excluding hydrogens is 313 g/mol. The molecule has 112 valence electrons. The molecule has 2 rings (SSSR count). The summed E-state index contributed by atoms with van der Waals surface area (Å²) in [6.45, 7) is 0.467. The van der Waals surface area contributed by atoms with Crippen LogP contribution in [0.5, 0.6) is 0 Å². The van der Waals surface area contributed by atoms with E-state index in [0.29, 0.717) is 28.6 Å². The lowest BCUT2D eigenvalue weighted by atomic mass is 10.0. The van der Waals surface area contributed by atoms with Gasteiger partial charge in [0, 0.05) is 22.7 Å². The van der Waals surface area contributed by atoms with Crippen LogP contribution in [-0.4, -0.2) is 34.5 Å². The van der Waals surface area contributed by atoms with Gasteiger partial charge in [0.15, 0.2) is 0 Å². The molecule has 1 atom stereocenters. The lowest BCUT2D eigenvalue weighted by Gasteiger charge is -2.32. The second-order valence-electron chi connectivity index (χ2n) is 4.88. The monoisotopic (exact) mass is 327 g/mol. The second-order valence-corrected chi connectivity index (χ2v) is 5.72. The highest BCUT2D eigenvalue weighted by atomic mass is 35.5. The third-order valence-corrected chi connectivity index (χ3v) is 4.00. The molecule has 0 spiro atoms. The van der Waals surface area contributed by atoms with Crippen LogP contribution in [-0.2, 0) is 9.59 Å². The van der Waals surface area contributed by atoms with Crippen LogP contribution in [0.15, 0.2) is 24.3 Å². The van der Waals surface area contributed by atoms with Crippen molar-refractivity contribution >= 4 is 41.2 Å². The highest BCUT2D eigenvalue weighted by Crippen LogP contribution is 2.23. The highest BCUT2D eigenvalue weighted by Gasteiger charge is 2.30. The molecule has 1 N–H and O–H groups in total. The first-order valence-corrected chi connectivity index (χ1v) is 7.41. The van der Waals surface area contributed by atoms with E-state index in [1.807, 2.05) is 0 Å². The number of carboxylic acids is 1. The van der Waals surface area contributed by atoms with Crippen LogP contribution in [0, 0.1) is 0 Å². The minimum absolute atomic E-state index is 0.312. The van der Waals surface area contributed by atoms with Gasteiger partial charge in [-0.2, -0.15) is 0 Å². The average molecular weight is 328 g/mol. The normalized spacial score (nSPS) is 19.0. The number of hydrogen-bond acceptors (Lipinski definition) is 2. The summed E-state index contributed by atoms with van der Waals surface area (Å²) in [5, 5.41) is 10.1. The fourth-order valence-corrected chi connectivity index (χ4v) is 2.82. The molecule has 1 aromatic carbocycles. The van der Waals surface area contributed by atoms with Gasteiger partial charge in [-0.1, -0.05) is 29.3 Å². The van der Waals surface area contributed by atoms with E-state index in [4.69, 9.17) is 28.3 Å². The van der Waals surface area contributed by atoms with Crippen molar-refractivity contribution in [2.75, 3.05) is 6.54 Å². The summed E-state index contributed by atoms with van der Waals surface area (Å²) in [5.74, 6) is -1.27. The van der Waals surface area contributed by atoms with Gasteiger partial charge in [-0.25, -0.2) is 4.79 Å². The van der Waals surface area contributed by atoms with Crippen molar-refractivity contribution in [3.63, 3.8) is 0 Å². The minimum Gasteiger partial charge on any atom is -0.480 e. The Kier molecular flexibility index (Phi) is 5.26. The van der Waals surface area contributed by atoms with Gasteiger partial charge in [0.25, 0.3) is 0 Å². The Hall–Kier alpha value is -1.52. The molecular formula is C15H15Cl2NO3. The van der Waals surface area contributed by atoms with Crippen molar-refractivity contribution in [3.05, 3.63) is 39.9 Å². The number of carboxylic acid groups (broad SMARTS) is 1. The molecule has 0 bridgehead atoms. The van der Waals surface area contributed by atoms with Gasteiger partial charge in [0.2, 0.25) is 5.91 Å². The molecule has 0 aromatic heterocycles. The molecule has 1 aromatic rings. The maximum Gasteiger partial charge on any atom is 0.326 e. The molecule has 1 heterocycles. The lowest BCUT2D eigenvalue weighted by Crippen LogP contribution is -2.47. The molecule has 21 heavy (non-hydrogen) atoms. The maximum absolute atomic E-state index is 12.2. The number of rotatable bonds is 3. The Bertz CT molecular complexity index is 586. The predicted octanol–water partition coefficient (Wildman–Crippen LogP) is 3.47. The van der Waals surface area contributed by atoms with E-state index in [1.165, 1.54) is 11.0 Å². The van der Waals surface area contributed by atoms with Crippen LogP contribution in [0.25, 0.3) is 6.08 Å². The Labute approximate surface area is 133 Å². The first kappa shape index (κ1) is 15.9. The molecule has 6 heteroatoms. The SMILES string of the molecule is O=C(O)[C@@H]1CCCCN1C(=O)C=Cc1ccc(Cl)cc1Cl. The summed E-state index contributed by atoms with van der Waals surface area (Å²) in [4.78, 5) is 24.7. The molecule has 4 nitrogen and oxygen atoms in total. The molecule has 0 radical (unpaired) electrons. The molecule has 1 saturated heterocycles. The molecule has 1 amide bonds. The predicted molar refractivity (Wildman–Crippen MR) is 82.5 cm³/mol. The zero-order valence-electron chi connectivity index (χ0n) is 11.3. The number of piperidine rings is 1. The zero-order valence-corrected chi connectivity index (χ0v) is 12.8. The Balaban J connectivity index is 2.12. The van der Waals surface area contributed by atoms with Crippen molar-refractivity contribution < 1.29 is 14.7 Å². The third-order valence-electron chi connectivity index (χ3n) is 3.44. The highest BCUT2D eigenvalue weighted by molar-refractivity contribution is 6.35. The van der Waals surface area contributed by atoms with Crippen molar-refractivity contribution in [2.24, 2.45) is 0 Å². The average Bonchev–Trinajstić information content (AvgIpc) is 2.46. The second kappa shape index (κ2) is 6.96. The number of carbonyl (C=O) groups is 2. The van der Waals surface area contributed by atoms with Gasteiger partial charge < -0.3 is 10.0 Å². The van der Waals surface area contributed by atoms with Crippen molar-refractivity contribution in [1.29, 1.82) is 0 Å². The van der Waals surface area contributed by atoms with E-state index in [1.54, 1.807) is 24.3 Å². The Morgan fingerprint density at radius 2 is 2.05 bits per heavy atom. The van der Waals surface area contributed by atoms with E-state index in [-0.39, 0.29) is 5.91 Å². The molecule has 1 aliphatic rings. The number of aliphatic carboxylic acids is 1. The van der Waals surface area contributed by atoms with E-state index in [0.717, 1.165) is 12.8 Å². The summed E-state index contributed by atoms with van der Waals surface area (Å²) in [6, 6.07) is 4.24. The number of halogens is 2. The largest absolute Gasteiger partial charge is 0.480 e. The van der Waals surface area contributed by atoms with Crippen LogP contribution in [0.3, 0.4) is 0 Å². The number of hydrogen-bond donors (Lipinski definition) is 1. The van der Waals surface area contributed by atoms with E-state index < -0.39 is 12.0 Å². The van der Waals surface area contributed by atoms with Gasteiger partial charge in [-0.3, -0.25) is 4.79 Å². The maximum atomic E-state index is 12.2. The molecule has 0 aliphatic carbocycles. The van der Waals surface area contributed by atoms with Crippen LogP contribution >= 0.6 is 23.2 Å². The molecule has 1 aliphatic heterocycles. The number of likely N-dealkylation sites (tertiary alicyclic amines) is 1. The standard InChI is InChI=1S/C15H15Cl2NO3/c16-11-6-4-10(12(17)9-11)5-7-14(19)18-8-2-1-3-13(18)15(20)21/h4-7,9,13H,1-3,8H2,(H,20,21)/t13-/m0/s1. The lowest BCUT2D eigenvalue weighted by molar-refractivity contribution is -0.150. The Morgan fingerprint density at radius 3 is 2.71 bits per heavy atom. The molecule has 0 unspecified atom stereocenters. The first-order valence-electron chi connectivity index (χ1n) is 6.65. The van der Waals surface area contributed by atoms with Gasteiger partial charge >= 0.3 is 5.97 Å². The van der Waals surface area contributed by atoms with Crippen LogP contribution in [0.2, 0.25) is 10.0 Å². The van der Waals surface area contributed by atoms with Crippen LogP contribution in [0.1, 0.15) is 24.8 Å². The van der Waals surface area contributed by atoms with Crippen molar-refractivity contribution in [3.8, 4) is 0 Å². The summed E-state index contributed by atoms with van der Waals surface area (Å²) < 4.78 is 0. The van der Waals surface area contributed by atoms with Crippen molar-refractivity contribution in [2.45, 2.75) is 25.3 Å². The zero-order chi connectivity index (χ0) is 15.4. The van der Waals surface area contributed by atoms with E-state index in [9.17, 15) is 9.59 Å². The molecule has 0 saturated carbocycles. The summed E-state index contributed by atoms with van der Waals surface area (Å²) in [7, 11) is 0. The minimum atomic E-state index is -0.957.